The molecule has 0 N–H and O–H groups in total. The van der Waals surface area contributed by atoms with Crippen LogP contribution in [0.1, 0.15) is 12.0 Å². The Morgan fingerprint density at radius 2 is 2.04 bits per heavy atom. The molecule has 2 aromatic rings. The molecule has 1 unspecified atom stereocenters. The summed E-state index contributed by atoms with van der Waals surface area (Å²) in [6, 6.07) is 6.37. The summed E-state index contributed by atoms with van der Waals surface area (Å²) in [5, 5.41) is 0.753. The van der Waals surface area contributed by atoms with Gasteiger partial charge in [0.05, 0.1) is 5.75 Å². The van der Waals surface area contributed by atoms with E-state index < -0.39 is 27.5 Å². The molecule has 3 rings (SSSR count). The van der Waals surface area contributed by atoms with Crippen LogP contribution in [0.25, 0.3) is 11.0 Å². The maximum Gasteiger partial charge on any atom is 0.336 e. The van der Waals surface area contributed by atoms with Crippen LogP contribution < -0.4 is 10.5 Å². The maximum absolute atomic E-state index is 12.8. The van der Waals surface area contributed by atoms with Gasteiger partial charge in [0.2, 0.25) is 5.91 Å². The lowest BCUT2D eigenvalue weighted by Crippen LogP contribution is -2.25. The molecule has 0 spiro atoms. The molecule has 0 saturated carbocycles. The van der Waals surface area contributed by atoms with Crippen LogP contribution in [-0.4, -0.2) is 26.6 Å². The van der Waals surface area contributed by atoms with Crippen molar-refractivity contribution in [2.75, 3.05) is 17.2 Å². The van der Waals surface area contributed by atoms with Crippen molar-refractivity contribution in [3.05, 3.63) is 40.2 Å². The molecule has 8 heteroatoms. The summed E-state index contributed by atoms with van der Waals surface area (Å²) < 4.78 is 39.4. The minimum Gasteiger partial charge on any atom is -0.423 e. The fourth-order valence-electron chi connectivity index (χ4n) is 2.91. The predicted octanol–water partition coefficient (Wildman–Crippen LogP) is 1.75. The molecule has 6 nitrogen and oxygen atoms in total. The van der Waals surface area contributed by atoms with E-state index in [0.717, 1.165) is 10.9 Å². The van der Waals surface area contributed by atoms with Crippen LogP contribution in [0.15, 0.2) is 33.5 Å². The van der Waals surface area contributed by atoms with Gasteiger partial charge in [0.25, 0.3) is 0 Å². The first-order chi connectivity index (χ1) is 10.7. The van der Waals surface area contributed by atoms with E-state index >= 15 is 0 Å². The van der Waals surface area contributed by atoms with Crippen molar-refractivity contribution in [2.24, 2.45) is 5.92 Å². The monoisotopic (exact) mass is 339 g/mol. The summed E-state index contributed by atoms with van der Waals surface area (Å²) in [6.45, 7) is 1.89. The van der Waals surface area contributed by atoms with Crippen molar-refractivity contribution < 1.29 is 21.5 Å². The second-order valence-electron chi connectivity index (χ2n) is 5.71. The van der Waals surface area contributed by atoms with Gasteiger partial charge in [-0.1, -0.05) is 0 Å². The fourth-order valence-corrected chi connectivity index (χ4v) is 3.69. The molecule has 1 atom stereocenters. The third kappa shape index (κ3) is 3.26. The van der Waals surface area contributed by atoms with E-state index in [9.17, 15) is 21.9 Å². The van der Waals surface area contributed by atoms with Crippen LogP contribution in [0.4, 0.5) is 9.57 Å². The van der Waals surface area contributed by atoms with Gasteiger partial charge in [0, 0.05) is 42.1 Å². The lowest BCUT2D eigenvalue weighted by molar-refractivity contribution is -0.117. The van der Waals surface area contributed by atoms with Crippen molar-refractivity contribution in [1.82, 2.24) is 0 Å². The first-order valence-electron chi connectivity index (χ1n) is 7.00. The normalized spacial score (nSPS) is 18.8. The van der Waals surface area contributed by atoms with Crippen LogP contribution in [0.3, 0.4) is 0 Å². The first-order valence-corrected chi connectivity index (χ1v) is 8.55. The van der Waals surface area contributed by atoms with E-state index in [-0.39, 0.29) is 18.9 Å². The number of halogens is 1. The van der Waals surface area contributed by atoms with Crippen molar-refractivity contribution in [3.8, 4) is 0 Å². The van der Waals surface area contributed by atoms with Gasteiger partial charge in [-0.3, -0.25) is 4.79 Å². The lowest BCUT2D eigenvalue weighted by atomic mass is 10.1. The molecule has 0 aliphatic carbocycles. The van der Waals surface area contributed by atoms with E-state index in [4.69, 9.17) is 4.42 Å². The highest BCUT2D eigenvalue weighted by Crippen LogP contribution is 2.29. The zero-order chi connectivity index (χ0) is 16.8. The highest BCUT2D eigenvalue weighted by molar-refractivity contribution is 7.86. The molecular formula is C15H14FNO5S. The van der Waals surface area contributed by atoms with Gasteiger partial charge in [-0.15, -0.1) is 3.89 Å². The Hall–Kier alpha value is -2.22. The number of nitrogens with zero attached hydrogens (tertiary/aromatic N) is 1. The van der Waals surface area contributed by atoms with Gasteiger partial charge in [0.15, 0.2) is 0 Å². The number of hydrogen-bond donors (Lipinski definition) is 0. The molecule has 23 heavy (non-hydrogen) atoms. The third-order valence-electron chi connectivity index (χ3n) is 3.89. The van der Waals surface area contributed by atoms with E-state index in [2.05, 4.69) is 0 Å². The number of carbonyl (C=O) groups excluding carboxylic acids is 1. The van der Waals surface area contributed by atoms with Crippen molar-refractivity contribution in [3.63, 3.8) is 0 Å². The highest BCUT2D eigenvalue weighted by Gasteiger charge is 2.33. The van der Waals surface area contributed by atoms with Crippen LogP contribution in [-0.2, 0) is 15.0 Å². The van der Waals surface area contributed by atoms with Crippen molar-refractivity contribution in [1.29, 1.82) is 0 Å². The second kappa shape index (κ2) is 5.45. The highest BCUT2D eigenvalue weighted by atomic mass is 32.3. The number of benzene rings is 1. The molecule has 122 valence electrons. The van der Waals surface area contributed by atoms with Crippen LogP contribution in [0.2, 0.25) is 0 Å². The Morgan fingerprint density at radius 3 is 2.74 bits per heavy atom. The summed E-state index contributed by atoms with van der Waals surface area (Å²) in [5.74, 6) is -1.54. The topological polar surface area (TPSA) is 84.7 Å². The minimum atomic E-state index is -4.62. The molecule has 2 heterocycles. The van der Waals surface area contributed by atoms with E-state index in [0.29, 0.717) is 11.3 Å². The number of anilines is 1. The lowest BCUT2D eigenvalue weighted by Gasteiger charge is -2.17. The molecule has 1 aromatic carbocycles. The Bertz CT molecular complexity index is 950. The molecule has 1 amide bonds. The van der Waals surface area contributed by atoms with Gasteiger partial charge in [-0.05, 0) is 24.6 Å². The molecule has 0 radical (unpaired) electrons. The standard InChI is InChI=1S/C15H14FNO5S/c1-9-4-15(19)22-13-6-11(2-3-12(9)13)17-7-10(5-14(17)18)8-23(16,20)21/h2-4,6,10H,5,7-8H2,1H3. The molecule has 1 aromatic heterocycles. The number of hydrogen-bond acceptors (Lipinski definition) is 5. The molecule has 1 aliphatic heterocycles. The molecule has 0 bridgehead atoms. The van der Waals surface area contributed by atoms with Crippen molar-refractivity contribution >= 4 is 32.8 Å². The smallest absolute Gasteiger partial charge is 0.336 e. The van der Waals surface area contributed by atoms with Gasteiger partial charge < -0.3 is 9.32 Å². The quantitative estimate of drug-likeness (QED) is 0.628. The zero-order valence-corrected chi connectivity index (χ0v) is 13.1. The number of carbonyl (C=O) groups is 1. The number of fused-ring (bicyclic) bond motifs is 1. The maximum atomic E-state index is 12.8. The van der Waals surface area contributed by atoms with Crippen LogP contribution >= 0.6 is 0 Å². The molecule has 1 fully saturated rings. The van der Waals surface area contributed by atoms with E-state index in [1.165, 1.54) is 11.0 Å². The van der Waals surface area contributed by atoms with Gasteiger partial charge in [-0.25, -0.2) is 4.79 Å². The van der Waals surface area contributed by atoms with E-state index in [1.807, 2.05) is 0 Å². The summed E-state index contributed by atoms with van der Waals surface area (Å²) in [6.07, 6.45) is -0.0288. The average molecular weight is 339 g/mol. The van der Waals surface area contributed by atoms with Crippen molar-refractivity contribution in [2.45, 2.75) is 13.3 Å². The fraction of sp³-hybridized carbons (Fsp3) is 0.333. The van der Waals surface area contributed by atoms with E-state index in [1.54, 1.807) is 25.1 Å². The summed E-state index contributed by atoms with van der Waals surface area (Å²) in [5.41, 5.74) is 1.12. The minimum absolute atomic E-state index is 0.0288. The summed E-state index contributed by atoms with van der Waals surface area (Å²) in [4.78, 5) is 24.9. The Morgan fingerprint density at radius 1 is 1.30 bits per heavy atom. The largest absolute Gasteiger partial charge is 0.423 e. The first kappa shape index (κ1) is 15.7. The van der Waals surface area contributed by atoms with Gasteiger partial charge >= 0.3 is 15.8 Å². The molecule has 1 aliphatic rings. The number of aryl methyl sites for hydroxylation is 1. The summed E-state index contributed by atoms with van der Waals surface area (Å²) in [7, 11) is -4.62. The SMILES string of the molecule is Cc1cc(=O)oc2cc(N3CC(CS(=O)(=O)F)CC3=O)ccc12. The van der Waals surface area contributed by atoms with Crippen LogP contribution in [0.5, 0.6) is 0 Å². The van der Waals surface area contributed by atoms with Crippen LogP contribution in [0, 0.1) is 12.8 Å². The Labute approximate surface area is 131 Å². The third-order valence-corrected chi connectivity index (χ3v) is 4.76. The van der Waals surface area contributed by atoms with Gasteiger partial charge in [0.1, 0.15) is 5.58 Å². The Kier molecular flexibility index (Phi) is 3.71. The van der Waals surface area contributed by atoms with Gasteiger partial charge in [-0.2, -0.15) is 8.42 Å². The number of rotatable bonds is 3. The second-order valence-corrected chi connectivity index (χ2v) is 7.12. The summed E-state index contributed by atoms with van der Waals surface area (Å²) >= 11 is 0. The average Bonchev–Trinajstić information content (AvgIpc) is 2.76. The zero-order valence-electron chi connectivity index (χ0n) is 12.3. The molecular weight excluding hydrogens is 325 g/mol. The Balaban J connectivity index is 1.94. The molecule has 1 saturated heterocycles. The predicted molar refractivity (Wildman–Crippen MR) is 82.6 cm³/mol. The number of amides is 1.